The third-order valence-electron chi connectivity index (χ3n) is 6.53. The van der Waals surface area contributed by atoms with E-state index in [0.717, 1.165) is 25.2 Å². The van der Waals surface area contributed by atoms with Crippen LogP contribution in [0.5, 0.6) is 0 Å². The number of piperidine rings is 1. The van der Waals surface area contributed by atoms with Crippen LogP contribution in [-0.4, -0.2) is 63.6 Å². The van der Waals surface area contributed by atoms with E-state index in [9.17, 15) is 9.90 Å². The zero-order chi connectivity index (χ0) is 19.2. The molecule has 1 fully saturated rings. The molecular weight excluding hydrogens is 340 g/mol. The van der Waals surface area contributed by atoms with Gasteiger partial charge in [0.2, 0.25) is 0 Å². The van der Waals surface area contributed by atoms with Crippen LogP contribution in [0.15, 0.2) is 30.5 Å². The number of aryl methyl sites for hydroxylation is 1. The second-order valence-electron chi connectivity index (χ2n) is 7.88. The Hall–Kier alpha value is -2.18. The number of aliphatic hydroxyl groups is 1. The molecule has 2 aromatic rings. The molecule has 6 nitrogen and oxygen atoms in total. The van der Waals surface area contributed by atoms with Crippen LogP contribution in [-0.2, 0) is 5.41 Å². The highest BCUT2D eigenvalue weighted by Crippen LogP contribution is 2.52. The number of aliphatic hydroxyl groups excluding tert-OH is 1. The molecule has 27 heavy (non-hydrogen) atoms. The molecule has 0 unspecified atom stereocenters. The monoisotopic (exact) mass is 368 g/mol. The van der Waals surface area contributed by atoms with E-state index in [1.54, 1.807) is 6.20 Å². The highest BCUT2D eigenvalue weighted by Gasteiger charge is 2.53. The second-order valence-corrected chi connectivity index (χ2v) is 7.88. The van der Waals surface area contributed by atoms with Gasteiger partial charge in [-0.15, -0.1) is 0 Å². The normalized spacial score (nSPS) is 23.8. The first kappa shape index (κ1) is 18.2. The maximum atomic E-state index is 12.7. The zero-order valence-electron chi connectivity index (χ0n) is 16.3. The van der Waals surface area contributed by atoms with Gasteiger partial charge in [0.05, 0.1) is 18.3 Å². The molecule has 2 N–H and O–H groups in total. The summed E-state index contributed by atoms with van der Waals surface area (Å²) in [4.78, 5) is 24.0. The minimum absolute atomic E-state index is 0.00607. The molecule has 0 bridgehead atoms. The van der Waals surface area contributed by atoms with Crippen molar-refractivity contribution in [3.05, 3.63) is 53.1 Å². The lowest BCUT2D eigenvalue weighted by molar-refractivity contribution is -0.00600. The Morgan fingerprint density at radius 3 is 2.70 bits per heavy atom. The Morgan fingerprint density at radius 1 is 1.37 bits per heavy atom. The number of hydrogen-bond acceptors (Lipinski definition) is 4. The number of aromatic amines is 1. The SMILES string of the molecule is CCN(C)[C@@H]1c2ccccc2C2(CCN(C(=O)c3cnc(C)[nH]3)CC2)[C@H]1O. The van der Waals surface area contributed by atoms with Crippen LogP contribution < -0.4 is 0 Å². The van der Waals surface area contributed by atoms with Gasteiger partial charge in [-0.1, -0.05) is 31.2 Å². The number of aromatic nitrogens is 2. The minimum atomic E-state index is -0.452. The van der Waals surface area contributed by atoms with Gasteiger partial charge in [-0.3, -0.25) is 9.69 Å². The highest BCUT2D eigenvalue weighted by atomic mass is 16.3. The van der Waals surface area contributed by atoms with Crippen LogP contribution in [0.3, 0.4) is 0 Å². The lowest BCUT2D eigenvalue weighted by Gasteiger charge is -2.43. The summed E-state index contributed by atoms with van der Waals surface area (Å²) in [5.41, 5.74) is 2.76. The van der Waals surface area contributed by atoms with Gasteiger partial charge in [0.25, 0.3) is 5.91 Å². The predicted octanol–water partition coefficient (Wildman–Crippen LogP) is 2.26. The Balaban J connectivity index is 1.59. The summed E-state index contributed by atoms with van der Waals surface area (Å²) in [6.45, 7) is 6.14. The first-order valence-corrected chi connectivity index (χ1v) is 9.76. The molecule has 2 atom stereocenters. The third-order valence-corrected chi connectivity index (χ3v) is 6.53. The number of fused-ring (bicyclic) bond motifs is 2. The van der Waals surface area contributed by atoms with Crippen molar-refractivity contribution in [1.82, 2.24) is 19.8 Å². The molecule has 1 aromatic carbocycles. The standard InChI is InChI=1S/C21H28N4O2/c1-4-24(3)18-15-7-5-6-8-16(15)21(19(18)26)9-11-25(12-10-21)20(27)17-13-22-14(2)23-17/h5-8,13,18-19,26H,4,9-12H2,1-3H3,(H,22,23)/t18-,19+/m1/s1. The minimum Gasteiger partial charge on any atom is -0.390 e. The van der Waals surface area contributed by atoms with Crippen molar-refractivity contribution in [3.63, 3.8) is 0 Å². The van der Waals surface area contributed by atoms with Gasteiger partial charge in [-0.05, 0) is 44.5 Å². The van der Waals surface area contributed by atoms with Gasteiger partial charge in [-0.2, -0.15) is 0 Å². The predicted molar refractivity (Wildman–Crippen MR) is 104 cm³/mol. The topological polar surface area (TPSA) is 72.5 Å². The summed E-state index contributed by atoms with van der Waals surface area (Å²) in [6.07, 6.45) is 2.70. The largest absolute Gasteiger partial charge is 0.390 e. The molecule has 1 aliphatic heterocycles. The fourth-order valence-corrected chi connectivity index (χ4v) is 4.89. The van der Waals surface area contributed by atoms with Crippen LogP contribution >= 0.6 is 0 Å². The summed E-state index contributed by atoms with van der Waals surface area (Å²) < 4.78 is 0. The fourth-order valence-electron chi connectivity index (χ4n) is 4.89. The molecule has 2 heterocycles. The first-order valence-electron chi connectivity index (χ1n) is 9.76. The third kappa shape index (κ3) is 2.78. The van der Waals surface area contributed by atoms with Gasteiger partial charge in [0.1, 0.15) is 11.5 Å². The maximum Gasteiger partial charge on any atom is 0.271 e. The van der Waals surface area contributed by atoms with Gasteiger partial charge in [0, 0.05) is 18.5 Å². The lowest BCUT2D eigenvalue weighted by atomic mass is 9.72. The summed E-state index contributed by atoms with van der Waals surface area (Å²) in [7, 11) is 2.07. The number of rotatable bonds is 3. The van der Waals surface area contributed by atoms with Crippen molar-refractivity contribution in [3.8, 4) is 0 Å². The van der Waals surface area contributed by atoms with E-state index in [1.165, 1.54) is 11.1 Å². The molecule has 1 amide bonds. The second kappa shape index (κ2) is 6.77. The molecule has 1 spiro atoms. The summed E-state index contributed by atoms with van der Waals surface area (Å²) in [6, 6.07) is 8.45. The van der Waals surface area contributed by atoms with Crippen molar-refractivity contribution >= 4 is 5.91 Å². The molecule has 1 aliphatic carbocycles. The molecular formula is C21H28N4O2. The average Bonchev–Trinajstić information content (AvgIpc) is 3.22. The van der Waals surface area contributed by atoms with E-state index in [-0.39, 0.29) is 17.4 Å². The Bertz CT molecular complexity index is 838. The van der Waals surface area contributed by atoms with Gasteiger partial charge >= 0.3 is 0 Å². The molecule has 6 heteroatoms. The number of nitrogens with one attached hydrogen (secondary N) is 1. The number of H-pyrrole nitrogens is 1. The van der Waals surface area contributed by atoms with E-state index in [2.05, 4.69) is 53.1 Å². The van der Waals surface area contributed by atoms with Crippen LogP contribution in [0.25, 0.3) is 0 Å². The Morgan fingerprint density at radius 2 is 2.07 bits per heavy atom. The lowest BCUT2D eigenvalue weighted by Crippen LogP contribution is -2.50. The maximum absolute atomic E-state index is 12.7. The van der Waals surface area contributed by atoms with Crippen molar-refractivity contribution in [2.45, 2.75) is 44.2 Å². The number of hydrogen-bond donors (Lipinski definition) is 2. The number of carbonyl (C=O) groups is 1. The fraction of sp³-hybridized carbons (Fsp3) is 0.524. The van der Waals surface area contributed by atoms with E-state index in [4.69, 9.17) is 0 Å². The molecule has 0 saturated carbocycles. The van der Waals surface area contributed by atoms with E-state index in [1.807, 2.05) is 11.8 Å². The number of benzene rings is 1. The van der Waals surface area contributed by atoms with Crippen LogP contribution in [0.2, 0.25) is 0 Å². The number of likely N-dealkylation sites (N-methyl/N-ethyl adjacent to an activating group) is 1. The van der Waals surface area contributed by atoms with Crippen LogP contribution in [0, 0.1) is 6.92 Å². The van der Waals surface area contributed by atoms with Crippen LogP contribution in [0.1, 0.15) is 53.2 Å². The summed E-state index contributed by atoms with van der Waals surface area (Å²) in [5.74, 6) is 0.742. The first-order chi connectivity index (χ1) is 13.0. The number of amides is 1. The summed E-state index contributed by atoms with van der Waals surface area (Å²) in [5, 5.41) is 11.4. The van der Waals surface area contributed by atoms with Crippen molar-refractivity contribution in [1.29, 1.82) is 0 Å². The highest BCUT2D eigenvalue weighted by molar-refractivity contribution is 5.92. The van der Waals surface area contributed by atoms with Crippen molar-refractivity contribution < 1.29 is 9.90 Å². The molecule has 1 saturated heterocycles. The molecule has 1 aromatic heterocycles. The van der Waals surface area contributed by atoms with Gasteiger partial charge < -0.3 is 15.0 Å². The number of likely N-dealkylation sites (tertiary alicyclic amines) is 1. The van der Waals surface area contributed by atoms with E-state index in [0.29, 0.717) is 18.8 Å². The number of carbonyl (C=O) groups excluding carboxylic acids is 1. The number of nitrogens with zero attached hydrogens (tertiary/aromatic N) is 3. The smallest absolute Gasteiger partial charge is 0.271 e. The van der Waals surface area contributed by atoms with Crippen LogP contribution in [0.4, 0.5) is 0 Å². The molecule has 2 aliphatic rings. The molecule has 0 radical (unpaired) electrons. The quantitative estimate of drug-likeness (QED) is 0.872. The molecule has 4 rings (SSSR count). The van der Waals surface area contributed by atoms with E-state index < -0.39 is 6.10 Å². The summed E-state index contributed by atoms with van der Waals surface area (Å²) >= 11 is 0. The van der Waals surface area contributed by atoms with Crippen molar-refractivity contribution in [2.75, 3.05) is 26.7 Å². The number of imidazole rings is 1. The molecule has 144 valence electrons. The van der Waals surface area contributed by atoms with E-state index >= 15 is 0 Å². The van der Waals surface area contributed by atoms with Crippen molar-refractivity contribution in [2.24, 2.45) is 0 Å². The van der Waals surface area contributed by atoms with Gasteiger partial charge in [0.15, 0.2) is 0 Å². The Labute approximate surface area is 160 Å². The zero-order valence-corrected chi connectivity index (χ0v) is 16.3. The average molecular weight is 368 g/mol. The van der Waals surface area contributed by atoms with Gasteiger partial charge in [-0.25, -0.2) is 4.98 Å². The Kier molecular flexibility index (Phi) is 4.56.